The van der Waals surface area contributed by atoms with Gasteiger partial charge in [0.05, 0.1) is 6.54 Å². The minimum atomic E-state index is 0.0682. The Morgan fingerprint density at radius 3 is 2.65 bits per heavy atom. The molecule has 0 saturated heterocycles. The first-order valence-electron chi connectivity index (χ1n) is 5.64. The number of hydrogen-bond acceptors (Lipinski definition) is 2. The molecule has 5 heteroatoms. The Hall–Kier alpha value is -1.36. The van der Waals surface area contributed by atoms with Gasteiger partial charge in [-0.25, -0.2) is 4.98 Å². The van der Waals surface area contributed by atoms with Gasteiger partial charge in [-0.1, -0.05) is 20.8 Å². The second kappa shape index (κ2) is 4.14. The number of imidazole rings is 2. The van der Waals surface area contributed by atoms with Crippen LogP contribution >= 0.6 is 12.2 Å². The van der Waals surface area contributed by atoms with E-state index in [2.05, 4.69) is 35.3 Å². The molecule has 2 aromatic rings. The van der Waals surface area contributed by atoms with Crippen molar-refractivity contribution in [1.29, 1.82) is 0 Å². The minimum Gasteiger partial charge on any atom is -0.337 e. The minimum absolute atomic E-state index is 0.0682. The molecule has 0 aliphatic carbocycles. The Kier molecular flexibility index (Phi) is 2.95. The van der Waals surface area contributed by atoms with Crippen molar-refractivity contribution in [3.8, 4) is 0 Å². The highest BCUT2D eigenvalue weighted by Crippen LogP contribution is 2.22. The number of aromatic nitrogens is 4. The lowest BCUT2D eigenvalue weighted by molar-refractivity contribution is 0.521. The van der Waals surface area contributed by atoms with Gasteiger partial charge in [0.1, 0.15) is 5.82 Å². The van der Waals surface area contributed by atoms with Gasteiger partial charge in [0.25, 0.3) is 0 Å². The second-order valence-electron chi connectivity index (χ2n) is 5.27. The Balaban J connectivity index is 2.43. The Labute approximate surface area is 106 Å². The van der Waals surface area contributed by atoms with Gasteiger partial charge >= 0.3 is 0 Å². The lowest BCUT2D eigenvalue weighted by Gasteiger charge is -2.20. The van der Waals surface area contributed by atoms with Crippen molar-refractivity contribution < 1.29 is 0 Å². The first-order chi connectivity index (χ1) is 7.89. The van der Waals surface area contributed by atoms with Crippen molar-refractivity contribution in [2.45, 2.75) is 32.7 Å². The largest absolute Gasteiger partial charge is 0.337 e. The van der Waals surface area contributed by atoms with Crippen molar-refractivity contribution in [3.05, 3.63) is 34.9 Å². The second-order valence-corrected chi connectivity index (χ2v) is 5.66. The number of aryl methyl sites for hydroxylation is 1. The fourth-order valence-electron chi connectivity index (χ4n) is 1.86. The zero-order chi connectivity index (χ0) is 12.6. The summed E-state index contributed by atoms with van der Waals surface area (Å²) in [5.74, 6) is 1.01. The van der Waals surface area contributed by atoms with E-state index in [4.69, 9.17) is 12.2 Å². The topological polar surface area (TPSA) is 38.5 Å². The molecular formula is C12H18N4S. The third kappa shape index (κ3) is 2.34. The van der Waals surface area contributed by atoms with E-state index < -0.39 is 0 Å². The summed E-state index contributed by atoms with van der Waals surface area (Å²) in [4.78, 5) is 7.45. The first-order valence-corrected chi connectivity index (χ1v) is 6.05. The van der Waals surface area contributed by atoms with Crippen LogP contribution in [0.4, 0.5) is 0 Å². The number of rotatable bonds is 2. The summed E-state index contributed by atoms with van der Waals surface area (Å²) in [6, 6.07) is 0. The molecule has 2 aromatic heterocycles. The normalized spacial score (nSPS) is 12.0. The monoisotopic (exact) mass is 250 g/mol. The molecule has 92 valence electrons. The smallest absolute Gasteiger partial charge is 0.177 e. The van der Waals surface area contributed by atoms with Gasteiger partial charge in [-0.15, -0.1) is 0 Å². The standard InChI is InChI=1S/C12H18N4S/c1-12(2,3)9-7-14-11(17)16(9)8-10-13-5-6-15(10)4/h5-7H,8H2,1-4H3,(H,14,17). The lowest BCUT2D eigenvalue weighted by Crippen LogP contribution is -2.19. The van der Waals surface area contributed by atoms with Gasteiger partial charge in [0.15, 0.2) is 4.77 Å². The highest BCUT2D eigenvalue weighted by Gasteiger charge is 2.19. The molecule has 17 heavy (non-hydrogen) atoms. The molecule has 0 bridgehead atoms. The molecule has 0 saturated carbocycles. The van der Waals surface area contributed by atoms with Crippen LogP contribution in [0.2, 0.25) is 0 Å². The summed E-state index contributed by atoms with van der Waals surface area (Å²) >= 11 is 5.33. The number of nitrogens with zero attached hydrogens (tertiary/aromatic N) is 3. The van der Waals surface area contributed by atoms with Crippen LogP contribution in [0.25, 0.3) is 0 Å². The lowest BCUT2D eigenvalue weighted by atomic mass is 9.92. The van der Waals surface area contributed by atoms with Crippen LogP contribution in [0.5, 0.6) is 0 Å². The van der Waals surface area contributed by atoms with Crippen LogP contribution in [-0.2, 0) is 19.0 Å². The molecule has 0 aliphatic rings. The molecule has 0 fully saturated rings. The van der Waals surface area contributed by atoms with Crippen LogP contribution in [0, 0.1) is 4.77 Å². The maximum atomic E-state index is 5.33. The molecule has 0 aliphatic heterocycles. The van der Waals surface area contributed by atoms with E-state index in [1.54, 1.807) is 0 Å². The molecule has 0 spiro atoms. The predicted octanol–water partition coefficient (Wildman–Crippen LogP) is 2.62. The van der Waals surface area contributed by atoms with Crippen molar-refractivity contribution in [3.63, 3.8) is 0 Å². The van der Waals surface area contributed by atoms with Crippen molar-refractivity contribution in [2.24, 2.45) is 7.05 Å². The Morgan fingerprint density at radius 2 is 2.12 bits per heavy atom. The number of hydrogen-bond donors (Lipinski definition) is 1. The Bertz CT molecular complexity index is 568. The first kappa shape index (κ1) is 12.1. The average Bonchev–Trinajstić information content (AvgIpc) is 2.75. The number of nitrogens with one attached hydrogen (secondary N) is 1. The zero-order valence-electron chi connectivity index (χ0n) is 10.7. The summed E-state index contributed by atoms with van der Waals surface area (Å²) in [5.41, 5.74) is 1.27. The molecule has 1 N–H and O–H groups in total. The molecule has 0 atom stereocenters. The highest BCUT2D eigenvalue weighted by molar-refractivity contribution is 7.71. The van der Waals surface area contributed by atoms with E-state index in [1.807, 2.05) is 30.2 Å². The van der Waals surface area contributed by atoms with E-state index >= 15 is 0 Å². The SMILES string of the molecule is Cn1ccnc1Cn1c(C(C)(C)C)c[nH]c1=S. The summed E-state index contributed by atoms with van der Waals surface area (Å²) in [7, 11) is 2.00. The van der Waals surface area contributed by atoms with E-state index in [0.29, 0.717) is 6.54 Å². The number of aromatic amines is 1. The molecule has 0 radical (unpaired) electrons. The van der Waals surface area contributed by atoms with E-state index in [9.17, 15) is 0 Å². The third-order valence-electron chi connectivity index (χ3n) is 2.86. The molecule has 0 unspecified atom stereocenters. The van der Waals surface area contributed by atoms with Crippen molar-refractivity contribution >= 4 is 12.2 Å². The van der Waals surface area contributed by atoms with Gasteiger partial charge in [0.2, 0.25) is 0 Å². The molecule has 2 rings (SSSR count). The fourth-order valence-corrected chi connectivity index (χ4v) is 2.09. The van der Waals surface area contributed by atoms with Crippen LogP contribution < -0.4 is 0 Å². The van der Waals surface area contributed by atoms with Gasteiger partial charge in [-0.2, -0.15) is 0 Å². The van der Waals surface area contributed by atoms with Crippen LogP contribution in [0.1, 0.15) is 32.3 Å². The summed E-state index contributed by atoms with van der Waals surface area (Å²) in [6.07, 6.45) is 5.75. The fraction of sp³-hybridized carbons (Fsp3) is 0.500. The maximum Gasteiger partial charge on any atom is 0.177 e. The van der Waals surface area contributed by atoms with Crippen molar-refractivity contribution in [2.75, 3.05) is 0 Å². The quantitative estimate of drug-likeness (QED) is 0.832. The van der Waals surface area contributed by atoms with Gasteiger partial charge in [-0.3, -0.25) is 0 Å². The van der Waals surface area contributed by atoms with Crippen LogP contribution in [0.15, 0.2) is 18.6 Å². The third-order valence-corrected chi connectivity index (χ3v) is 3.20. The Morgan fingerprint density at radius 1 is 1.41 bits per heavy atom. The molecule has 2 heterocycles. The molecule has 4 nitrogen and oxygen atoms in total. The zero-order valence-corrected chi connectivity index (χ0v) is 11.5. The average molecular weight is 250 g/mol. The number of H-pyrrole nitrogens is 1. The predicted molar refractivity (Wildman–Crippen MR) is 70.6 cm³/mol. The molecule has 0 aromatic carbocycles. The van der Waals surface area contributed by atoms with Gasteiger partial charge in [0, 0.05) is 36.7 Å². The summed E-state index contributed by atoms with van der Waals surface area (Å²) in [6.45, 7) is 7.25. The highest BCUT2D eigenvalue weighted by atomic mass is 32.1. The van der Waals surface area contributed by atoms with E-state index in [0.717, 1.165) is 10.6 Å². The van der Waals surface area contributed by atoms with Crippen LogP contribution in [0.3, 0.4) is 0 Å². The van der Waals surface area contributed by atoms with Crippen molar-refractivity contribution in [1.82, 2.24) is 19.1 Å². The molecule has 0 amide bonds. The summed E-state index contributed by atoms with van der Waals surface area (Å²) < 4.78 is 4.87. The summed E-state index contributed by atoms with van der Waals surface area (Å²) in [5, 5.41) is 0. The van der Waals surface area contributed by atoms with E-state index in [1.165, 1.54) is 5.69 Å². The van der Waals surface area contributed by atoms with Gasteiger partial charge in [-0.05, 0) is 12.2 Å². The van der Waals surface area contributed by atoms with Crippen LogP contribution in [-0.4, -0.2) is 19.1 Å². The van der Waals surface area contributed by atoms with E-state index in [-0.39, 0.29) is 5.41 Å². The maximum absolute atomic E-state index is 5.33. The molecular weight excluding hydrogens is 232 g/mol. The van der Waals surface area contributed by atoms with Gasteiger partial charge < -0.3 is 14.1 Å².